The first-order valence-corrected chi connectivity index (χ1v) is 6.45. The fraction of sp³-hybridized carbons (Fsp3) is 0.500. The number of halogens is 2. The number of benzene rings is 1. The van der Waals surface area contributed by atoms with E-state index in [9.17, 15) is 8.78 Å². The van der Waals surface area contributed by atoms with Crippen LogP contribution in [0.15, 0.2) is 23.1 Å². The summed E-state index contributed by atoms with van der Waals surface area (Å²) in [6.45, 7) is 1.32. The van der Waals surface area contributed by atoms with E-state index in [2.05, 4.69) is 5.32 Å². The van der Waals surface area contributed by atoms with Gasteiger partial charge in [0, 0.05) is 28.9 Å². The topological polar surface area (TPSA) is 21.3 Å². The molecule has 94 valence electrons. The number of nitrogens with one attached hydrogen (secondary N) is 1. The van der Waals surface area contributed by atoms with Gasteiger partial charge in [-0.1, -0.05) is 0 Å². The van der Waals surface area contributed by atoms with E-state index in [4.69, 9.17) is 4.74 Å². The van der Waals surface area contributed by atoms with Crippen molar-refractivity contribution in [1.29, 1.82) is 0 Å². The summed E-state index contributed by atoms with van der Waals surface area (Å²) in [5, 5.41) is 3.37. The zero-order chi connectivity index (χ0) is 12.3. The predicted molar refractivity (Wildman–Crippen MR) is 64.3 cm³/mol. The van der Waals surface area contributed by atoms with Crippen LogP contribution in [-0.2, 0) is 4.74 Å². The van der Waals surface area contributed by atoms with Crippen molar-refractivity contribution in [2.45, 2.75) is 22.6 Å². The van der Waals surface area contributed by atoms with Crippen LogP contribution in [0.2, 0.25) is 0 Å². The third kappa shape index (κ3) is 3.18. The quantitative estimate of drug-likeness (QED) is 0.901. The molecule has 2 nitrogen and oxygen atoms in total. The van der Waals surface area contributed by atoms with E-state index in [1.807, 2.05) is 7.05 Å². The summed E-state index contributed by atoms with van der Waals surface area (Å²) in [4.78, 5) is 0.474. The van der Waals surface area contributed by atoms with Crippen molar-refractivity contribution in [3.8, 4) is 0 Å². The van der Waals surface area contributed by atoms with Gasteiger partial charge in [-0.2, -0.15) is 0 Å². The van der Waals surface area contributed by atoms with Gasteiger partial charge in [0.15, 0.2) is 0 Å². The van der Waals surface area contributed by atoms with Crippen molar-refractivity contribution in [1.82, 2.24) is 5.32 Å². The van der Waals surface area contributed by atoms with E-state index in [-0.39, 0.29) is 5.25 Å². The van der Waals surface area contributed by atoms with E-state index in [1.54, 1.807) is 0 Å². The van der Waals surface area contributed by atoms with Gasteiger partial charge in [0.25, 0.3) is 0 Å². The van der Waals surface area contributed by atoms with E-state index < -0.39 is 11.6 Å². The first-order chi connectivity index (χ1) is 8.20. The highest BCUT2D eigenvalue weighted by molar-refractivity contribution is 8.00. The van der Waals surface area contributed by atoms with Crippen LogP contribution >= 0.6 is 11.8 Å². The highest BCUT2D eigenvalue weighted by atomic mass is 32.2. The molecule has 5 heteroatoms. The van der Waals surface area contributed by atoms with E-state index in [0.717, 1.165) is 19.1 Å². The maximum atomic E-state index is 13.5. The number of thioether (sulfide) groups is 1. The minimum atomic E-state index is -0.545. The van der Waals surface area contributed by atoms with E-state index >= 15 is 0 Å². The average Bonchev–Trinajstić information content (AvgIpc) is 2.33. The van der Waals surface area contributed by atoms with Gasteiger partial charge >= 0.3 is 0 Å². The zero-order valence-corrected chi connectivity index (χ0v) is 10.4. The Morgan fingerprint density at radius 3 is 2.94 bits per heavy atom. The summed E-state index contributed by atoms with van der Waals surface area (Å²) in [6.07, 6.45) is 0.914. The molecule has 2 unspecified atom stereocenters. The second-order valence-corrected chi connectivity index (χ2v) is 5.27. The Morgan fingerprint density at radius 2 is 2.24 bits per heavy atom. The lowest BCUT2D eigenvalue weighted by Gasteiger charge is -2.30. The zero-order valence-electron chi connectivity index (χ0n) is 9.58. The molecule has 0 aliphatic carbocycles. The molecule has 1 N–H and O–H groups in total. The van der Waals surface area contributed by atoms with Crippen LogP contribution < -0.4 is 5.32 Å². The van der Waals surface area contributed by atoms with Crippen LogP contribution in [0.5, 0.6) is 0 Å². The van der Waals surface area contributed by atoms with Crippen LogP contribution in [0.4, 0.5) is 8.78 Å². The molecule has 1 aliphatic rings. The first kappa shape index (κ1) is 12.8. The average molecular weight is 259 g/mol. The molecule has 2 atom stereocenters. The monoisotopic (exact) mass is 259 g/mol. The number of hydrogen-bond donors (Lipinski definition) is 1. The normalized spacial score (nSPS) is 24.9. The smallest absolute Gasteiger partial charge is 0.139 e. The van der Waals surface area contributed by atoms with Crippen LogP contribution in [-0.4, -0.2) is 31.6 Å². The molecule has 0 radical (unpaired) electrons. The number of ether oxygens (including phenoxy) is 1. The molecule has 0 saturated carbocycles. The second kappa shape index (κ2) is 5.80. The molecule has 0 amide bonds. The summed E-state index contributed by atoms with van der Waals surface area (Å²) < 4.78 is 31.7. The highest BCUT2D eigenvalue weighted by Gasteiger charge is 2.26. The number of hydrogen-bond acceptors (Lipinski definition) is 3. The molecule has 0 spiro atoms. The Morgan fingerprint density at radius 1 is 1.41 bits per heavy atom. The minimum absolute atomic E-state index is 0.161. The van der Waals surface area contributed by atoms with Gasteiger partial charge in [0.05, 0.1) is 6.61 Å². The highest BCUT2D eigenvalue weighted by Crippen LogP contribution is 2.31. The lowest BCUT2D eigenvalue weighted by Crippen LogP contribution is -2.43. The molecule has 0 aromatic heterocycles. The molecule has 1 aliphatic heterocycles. The maximum Gasteiger partial charge on any atom is 0.139 e. The molecule has 1 heterocycles. The second-order valence-electron chi connectivity index (χ2n) is 3.99. The van der Waals surface area contributed by atoms with Crippen LogP contribution in [0.3, 0.4) is 0 Å². The Labute approximate surface area is 104 Å². The predicted octanol–water partition coefficient (Wildman–Crippen LogP) is 2.43. The largest absolute Gasteiger partial charge is 0.380 e. The molecule has 2 rings (SSSR count). The van der Waals surface area contributed by atoms with Gasteiger partial charge in [-0.05, 0) is 25.6 Å². The van der Waals surface area contributed by atoms with Crippen molar-refractivity contribution in [2.75, 3.05) is 20.3 Å². The van der Waals surface area contributed by atoms with Crippen molar-refractivity contribution < 1.29 is 13.5 Å². The molecule has 1 saturated heterocycles. The SMILES string of the molecule is CNC1CCOCC1Sc1ccc(F)cc1F. The lowest BCUT2D eigenvalue weighted by molar-refractivity contribution is 0.0850. The standard InChI is InChI=1S/C12H15F2NOS/c1-15-10-4-5-16-7-12(10)17-11-3-2-8(13)6-9(11)14/h2-3,6,10,12,15H,4-5,7H2,1H3. The Balaban J connectivity index is 2.08. The first-order valence-electron chi connectivity index (χ1n) is 5.57. The van der Waals surface area contributed by atoms with Crippen LogP contribution in [0, 0.1) is 11.6 Å². The third-order valence-corrected chi connectivity index (χ3v) is 4.20. The lowest BCUT2D eigenvalue weighted by atomic mass is 10.1. The summed E-state index contributed by atoms with van der Waals surface area (Å²) in [5.74, 6) is -1.05. The van der Waals surface area contributed by atoms with Crippen molar-refractivity contribution in [3.05, 3.63) is 29.8 Å². The Kier molecular flexibility index (Phi) is 4.36. The molecule has 1 fully saturated rings. The van der Waals surface area contributed by atoms with E-state index in [0.29, 0.717) is 17.5 Å². The van der Waals surface area contributed by atoms with Gasteiger partial charge in [0.2, 0.25) is 0 Å². The van der Waals surface area contributed by atoms with Gasteiger partial charge < -0.3 is 10.1 Å². The Hall–Kier alpha value is -0.650. The Bertz CT molecular complexity index is 389. The summed E-state index contributed by atoms with van der Waals surface area (Å²) in [5.41, 5.74) is 0. The summed E-state index contributed by atoms with van der Waals surface area (Å²) in [7, 11) is 1.89. The van der Waals surface area contributed by atoms with Crippen molar-refractivity contribution in [3.63, 3.8) is 0 Å². The summed E-state index contributed by atoms with van der Waals surface area (Å²) >= 11 is 1.40. The third-order valence-electron chi connectivity index (χ3n) is 2.85. The minimum Gasteiger partial charge on any atom is -0.380 e. The molecular formula is C12H15F2NOS. The van der Waals surface area contributed by atoms with Crippen molar-refractivity contribution >= 4 is 11.8 Å². The molecule has 0 bridgehead atoms. The van der Waals surface area contributed by atoms with Crippen LogP contribution in [0.25, 0.3) is 0 Å². The van der Waals surface area contributed by atoms with Gasteiger partial charge in [-0.3, -0.25) is 0 Å². The fourth-order valence-electron chi connectivity index (χ4n) is 1.89. The summed E-state index contributed by atoms with van der Waals surface area (Å²) in [6, 6.07) is 3.98. The molecular weight excluding hydrogens is 244 g/mol. The number of rotatable bonds is 3. The van der Waals surface area contributed by atoms with Crippen LogP contribution in [0.1, 0.15) is 6.42 Å². The molecule has 17 heavy (non-hydrogen) atoms. The van der Waals surface area contributed by atoms with Gasteiger partial charge in [-0.15, -0.1) is 11.8 Å². The fourth-order valence-corrected chi connectivity index (χ4v) is 3.14. The van der Waals surface area contributed by atoms with Gasteiger partial charge in [0.1, 0.15) is 11.6 Å². The van der Waals surface area contributed by atoms with E-state index in [1.165, 1.54) is 23.9 Å². The van der Waals surface area contributed by atoms with Gasteiger partial charge in [-0.25, -0.2) is 8.78 Å². The van der Waals surface area contributed by atoms with Crippen molar-refractivity contribution in [2.24, 2.45) is 0 Å². The molecule has 1 aromatic carbocycles. The maximum absolute atomic E-state index is 13.5. The molecule has 1 aromatic rings.